The average molecular weight is 358 g/mol. The molecule has 0 amide bonds. The van der Waals surface area contributed by atoms with Crippen molar-refractivity contribution >= 4 is 34.0 Å². The molecule has 2 rings (SSSR count). The number of rotatable bonds is 4. The topological polar surface area (TPSA) is 38.0 Å². The molecule has 0 atom stereocenters. The highest BCUT2D eigenvalue weighted by Gasteiger charge is 2.17. The molecule has 3 heteroatoms. The third-order valence-corrected chi connectivity index (χ3v) is 4.69. The highest BCUT2D eigenvalue weighted by Crippen LogP contribution is 2.30. The fourth-order valence-corrected chi connectivity index (χ4v) is 3.24. The Balaban J connectivity index is 1.75. The zero-order valence-electron chi connectivity index (χ0n) is 11.1. The summed E-state index contributed by atoms with van der Waals surface area (Å²) in [6, 6.07) is 6.20. The molecular formula is C15H23IN2. The van der Waals surface area contributed by atoms with E-state index in [0.717, 1.165) is 29.8 Å². The second kappa shape index (κ2) is 6.64. The summed E-state index contributed by atoms with van der Waals surface area (Å²) in [7, 11) is 0. The minimum Gasteiger partial charge on any atom is -0.397 e. The van der Waals surface area contributed by atoms with E-state index in [1.54, 1.807) is 0 Å². The van der Waals surface area contributed by atoms with Gasteiger partial charge in [0.15, 0.2) is 0 Å². The number of halogens is 1. The van der Waals surface area contributed by atoms with Crippen LogP contribution in [-0.4, -0.2) is 6.54 Å². The van der Waals surface area contributed by atoms with Gasteiger partial charge in [0.1, 0.15) is 0 Å². The second-order valence-corrected chi connectivity index (χ2v) is 6.82. The van der Waals surface area contributed by atoms with Gasteiger partial charge in [-0.3, -0.25) is 0 Å². The van der Waals surface area contributed by atoms with Crippen molar-refractivity contribution in [3.05, 3.63) is 21.8 Å². The van der Waals surface area contributed by atoms with Crippen molar-refractivity contribution in [1.82, 2.24) is 0 Å². The van der Waals surface area contributed by atoms with Crippen molar-refractivity contribution in [2.45, 2.75) is 39.0 Å². The van der Waals surface area contributed by atoms with Crippen LogP contribution in [0.15, 0.2) is 18.2 Å². The molecule has 0 spiro atoms. The molecule has 1 aliphatic carbocycles. The lowest BCUT2D eigenvalue weighted by molar-refractivity contribution is 0.282. The molecule has 2 nitrogen and oxygen atoms in total. The molecule has 0 unspecified atom stereocenters. The summed E-state index contributed by atoms with van der Waals surface area (Å²) < 4.78 is 1.19. The van der Waals surface area contributed by atoms with Crippen LogP contribution in [0, 0.1) is 15.4 Å². The predicted molar refractivity (Wildman–Crippen MR) is 87.8 cm³/mol. The molecule has 18 heavy (non-hydrogen) atoms. The highest BCUT2D eigenvalue weighted by atomic mass is 127. The van der Waals surface area contributed by atoms with Crippen LogP contribution in [-0.2, 0) is 0 Å². The zero-order chi connectivity index (χ0) is 13.0. The van der Waals surface area contributed by atoms with Crippen molar-refractivity contribution in [2.75, 3.05) is 17.6 Å². The Morgan fingerprint density at radius 3 is 2.67 bits per heavy atom. The summed E-state index contributed by atoms with van der Waals surface area (Å²) in [4.78, 5) is 0. The molecule has 1 aromatic carbocycles. The monoisotopic (exact) mass is 358 g/mol. The first-order valence-electron chi connectivity index (χ1n) is 6.94. The normalized spacial score (nSPS) is 23.9. The van der Waals surface area contributed by atoms with Crippen molar-refractivity contribution in [1.29, 1.82) is 0 Å². The van der Waals surface area contributed by atoms with Crippen LogP contribution in [0.5, 0.6) is 0 Å². The van der Waals surface area contributed by atoms with Crippen molar-refractivity contribution in [3.8, 4) is 0 Å². The van der Waals surface area contributed by atoms with E-state index < -0.39 is 0 Å². The lowest BCUT2D eigenvalue weighted by Crippen LogP contribution is -2.16. The van der Waals surface area contributed by atoms with Crippen LogP contribution in [0.2, 0.25) is 0 Å². The van der Waals surface area contributed by atoms with E-state index in [0.29, 0.717) is 0 Å². The molecule has 0 saturated heterocycles. The van der Waals surface area contributed by atoms with E-state index in [1.165, 1.54) is 35.7 Å². The van der Waals surface area contributed by atoms with E-state index in [1.807, 2.05) is 6.07 Å². The summed E-state index contributed by atoms with van der Waals surface area (Å²) >= 11 is 2.29. The van der Waals surface area contributed by atoms with E-state index in [2.05, 4.69) is 47.0 Å². The average Bonchev–Trinajstić information content (AvgIpc) is 2.34. The number of anilines is 2. The van der Waals surface area contributed by atoms with Crippen molar-refractivity contribution in [3.63, 3.8) is 0 Å². The third-order valence-electron chi connectivity index (χ3n) is 4.02. The summed E-state index contributed by atoms with van der Waals surface area (Å²) in [6.07, 6.45) is 6.92. The Bertz CT molecular complexity index is 384. The fraction of sp³-hybridized carbons (Fsp3) is 0.600. The van der Waals surface area contributed by atoms with Gasteiger partial charge in [0.05, 0.1) is 11.4 Å². The maximum absolute atomic E-state index is 5.99. The number of nitrogens with one attached hydrogen (secondary N) is 1. The van der Waals surface area contributed by atoms with Gasteiger partial charge in [-0.05, 0) is 59.0 Å². The lowest BCUT2D eigenvalue weighted by Gasteiger charge is -2.26. The molecule has 0 radical (unpaired) electrons. The van der Waals surface area contributed by atoms with Crippen LogP contribution in [0.25, 0.3) is 0 Å². The standard InChI is InChI=1S/C15H23IN2/c1-11-2-4-12(5-3-11)8-9-18-15-7-6-13(16)10-14(15)17/h6-7,10-12,18H,2-5,8-9,17H2,1H3. The molecule has 0 aliphatic heterocycles. The summed E-state index contributed by atoms with van der Waals surface area (Å²) in [5.41, 5.74) is 7.93. The largest absolute Gasteiger partial charge is 0.397 e. The maximum atomic E-state index is 5.99. The van der Waals surface area contributed by atoms with Gasteiger partial charge in [-0.25, -0.2) is 0 Å². The minimum atomic E-state index is 0.860. The Kier molecular flexibility index (Phi) is 5.15. The first-order valence-corrected chi connectivity index (χ1v) is 8.02. The third kappa shape index (κ3) is 4.04. The van der Waals surface area contributed by atoms with Crippen molar-refractivity contribution < 1.29 is 0 Å². The Morgan fingerprint density at radius 1 is 1.28 bits per heavy atom. The zero-order valence-corrected chi connectivity index (χ0v) is 13.2. The Morgan fingerprint density at radius 2 is 2.00 bits per heavy atom. The van der Waals surface area contributed by atoms with E-state index >= 15 is 0 Å². The van der Waals surface area contributed by atoms with Gasteiger partial charge in [0, 0.05) is 10.1 Å². The molecule has 0 heterocycles. The summed E-state index contributed by atoms with van der Waals surface area (Å²) in [5, 5.41) is 3.47. The molecule has 100 valence electrons. The number of nitrogen functional groups attached to an aromatic ring is 1. The lowest BCUT2D eigenvalue weighted by atomic mass is 9.81. The first-order chi connectivity index (χ1) is 8.65. The molecular weight excluding hydrogens is 335 g/mol. The number of hydrogen-bond acceptors (Lipinski definition) is 2. The van der Waals surface area contributed by atoms with Gasteiger partial charge >= 0.3 is 0 Å². The minimum absolute atomic E-state index is 0.860. The second-order valence-electron chi connectivity index (χ2n) is 5.57. The fourth-order valence-electron chi connectivity index (χ4n) is 2.72. The van der Waals surface area contributed by atoms with E-state index in [9.17, 15) is 0 Å². The van der Waals surface area contributed by atoms with Gasteiger partial charge in [-0.15, -0.1) is 0 Å². The van der Waals surface area contributed by atoms with Crippen LogP contribution in [0.3, 0.4) is 0 Å². The number of benzene rings is 1. The molecule has 1 fully saturated rings. The molecule has 3 N–H and O–H groups in total. The molecule has 0 bridgehead atoms. The molecule has 0 aromatic heterocycles. The van der Waals surface area contributed by atoms with Gasteiger partial charge in [0.2, 0.25) is 0 Å². The number of nitrogens with two attached hydrogens (primary N) is 1. The molecule has 1 saturated carbocycles. The Hall–Kier alpha value is -0.450. The quantitative estimate of drug-likeness (QED) is 0.614. The van der Waals surface area contributed by atoms with E-state index in [-0.39, 0.29) is 0 Å². The van der Waals surface area contributed by atoms with Gasteiger partial charge in [0.25, 0.3) is 0 Å². The Labute approximate surface area is 124 Å². The summed E-state index contributed by atoms with van der Waals surface area (Å²) in [5.74, 6) is 1.86. The summed E-state index contributed by atoms with van der Waals surface area (Å²) in [6.45, 7) is 3.42. The smallest absolute Gasteiger partial charge is 0.0574 e. The predicted octanol–water partition coefficient (Wildman–Crippen LogP) is 4.50. The van der Waals surface area contributed by atoms with Crippen LogP contribution in [0.4, 0.5) is 11.4 Å². The van der Waals surface area contributed by atoms with Crippen LogP contribution >= 0.6 is 22.6 Å². The maximum Gasteiger partial charge on any atom is 0.0574 e. The molecule has 1 aromatic rings. The van der Waals surface area contributed by atoms with E-state index in [4.69, 9.17) is 5.73 Å². The van der Waals surface area contributed by atoms with Gasteiger partial charge < -0.3 is 11.1 Å². The van der Waals surface area contributed by atoms with Gasteiger partial charge in [-0.1, -0.05) is 32.6 Å². The molecule has 1 aliphatic rings. The van der Waals surface area contributed by atoms with Gasteiger partial charge in [-0.2, -0.15) is 0 Å². The highest BCUT2D eigenvalue weighted by molar-refractivity contribution is 14.1. The number of hydrogen-bond donors (Lipinski definition) is 2. The van der Waals surface area contributed by atoms with Crippen LogP contribution in [0.1, 0.15) is 39.0 Å². The SMILES string of the molecule is CC1CCC(CCNc2ccc(I)cc2N)CC1. The van der Waals surface area contributed by atoms with Crippen molar-refractivity contribution in [2.24, 2.45) is 11.8 Å². The van der Waals surface area contributed by atoms with Crippen LogP contribution < -0.4 is 11.1 Å². The first kappa shape index (κ1) is 14.0.